The van der Waals surface area contributed by atoms with Crippen LogP contribution >= 0.6 is 12.4 Å². The highest BCUT2D eigenvalue weighted by atomic mass is 35.5. The van der Waals surface area contributed by atoms with E-state index in [-0.39, 0.29) is 31.5 Å². The summed E-state index contributed by atoms with van der Waals surface area (Å²) in [5.41, 5.74) is 8.00. The zero-order valence-electron chi connectivity index (χ0n) is 14.2. The van der Waals surface area contributed by atoms with Gasteiger partial charge in [-0.1, -0.05) is 42.5 Å². The number of esters is 1. The van der Waals surface area contributed by atoms with Crippen molar-refractivity contribution in [2.75, 3.05) is 13.2 Å². The van der Waals surface area contributed by atoms with Gasteiger partial charge in [-0.15, -0.1) is 12.4 Å². The van der Waals surface area contributed by atoms with E-state index >= 15 is 0 Å². The minimum absolute atomic E-state index is 0. The van der Waals surface area contributed by atoms with E-state index in [1.54, 1.807) is 19.1 Å². The third-order valence-electron chi connectivity index (χ3n) is 3.57. The van der Waals surface area contributed by atoms with E-state index in [0.29, 0.717) is 18.7 Å². The van der Waals surface area contributed by atoms with Gasteiger partial charge in [0.15, 0.2) is 0 Å². The summed E-state index contributed by atoms with van der Waals surface area (Å²) in [6.45, 7) is 2.71. The molecule has 0 saturated carbocycles. The maximum Gasteiger partial charge on any atom is 0.325 e. The minimum Gasteiger partial charge on any atom is -0.465 e. The monoisotopic (exact) mass is 362 g/mol. The number of amides is 1. The average Bonchev–Trinajstić information content (AvgIpc) is 2.62. The molecule has 0 aliphatic rings. The Morgan fingerprint density at radius 2 is 1.64 bits per heavy atom. The molecule has 0 radical (unpaired) electrons. The lowest BCUT2D eigenvalue weighted by Gasteiger charge is -2.22. The van der Waals surface area contributed by atoms with Crippen molar-refractivity contribution in [2.45, 2.75) is 20.0 Å². The van der Waals surface area contributed by atoms with Gasteiger partial charge in [-0.25, -0.2) is 0 Å². The molecule has 2 N–H and O–H groups in total. The predicted molar refractivity (Wildman–Crippen MR) is 99.4 cm³/mol. The van der Waals surface area contributed by atoms with Crippen molar-refractivity contribution in [3.8, 4) is 0 Å². The van der Waals surface area contributed by atoms with Crippen LogP contribution in [0.25, 0.3) is 0 Å². The first kappa shape index (κ1) is 20.7. The number of ether oxygens (including phenoxy) is 1. The van der Waals surface area contributed by atoms with Crippen LogP contribution in [0, 0.1) is 0 Å². The molecule has 0 spiro atoms. The van der Waals surface area contributed by atoms with Crippen molar-refractivity contribution in [3.05, 3.63) is 71.3 Å². The molecule has 25 heavy (non-hydrogen) atoms. The molecule has 6 heteroatoms. The van der Waals surface area contributed by atoms with Gasteiger partial charge in [0.05, 0.1) is 6.61 Å². The van der Waals surface area contributed by atoms with E-state index in [1.165, 1.54) is 4.90 Å². The van der Waals surface area contributed by atoms with Crippen LogP contribution < -0.4 is 5.73 Å². The van der Waals surface area contributed by atoms with Crippen LogP contribution in [-0.2, 0) is 22.6 Å². The molecule has 0 atom stereocenters. The molecule has 2 rings (SSSR count). The summed E-state index contributed by atoms with van der Waals surface area (Å²) in [7, 11) is 0. The first-order valence-electron chi connectivity index (χ1n) is 7.92. The van der Waals surface area contributed by atoms with Gasteiger partial charge < -0.3 is 15.4 Å². The van der Waals surface area contributed by atoms with Gasteiger partial charge in [0.1, 0.15) is 6.54 Å². The van der Waals surface area contributed by atoms with E-state index < -0.39 is 5.97 Å². The SMILES string of the molecule is CCOC(=O)CN(Cc1ccccc1)C(=O)c1ccc(CN)cc1.Cl. The third-order valence-corrected chi connectivity index (χ3v) is 3.57. The second kappa shape index (κ2) is 10.5. The Bertz CT molecular complexity index is 675. The quantitative estimate of drug-likeness (QED) is 0.769. The molecule has 0 saturated heterocycles. The van der Waals surface area contributed by atoms with Crippen LogP contribution in [-0.4, -0.2) is 29.9 Å². The van der Waals surface area contributed by atoms with Crippen molar-refractivity contribution in [1.29, 1.82) is 0 Å². The summed E-state index contributed by atoms with van der Waals surface area (Å²) in [4.78, 5) is 26.1. The summed E-state index contributed by atoms with van der Waals surface area (Å²) < 4.78 is 4.98. The summed E-state index contributed by atoms with van der Waals surface area (Å²) >= 11 is 0. The maximum absolute atomic E-state index is 12.8. The second-order valence-electron chi connectivity index (χ2n) is 5.35. The van der Waals surface area contributed by atoms with E-state index in [1.807, 2.05) is 42.5 Å². The topological polar surface area (TPSA) is 72.6 Å². The number of nitrogens with two attached hydrogens (primary N) is 1. The van der Waals surface area contributed by atoms with E-state index in [9.17, 15) is 9.59 Å². The van der Waals surface area contributed by atoms with Crippen LogP contribution in [0.4, 0.5) is 0 Å². The van der Waals surface area contributed by atoms with Crippen molar-refractivity contribution >= 4 is 24.3 Å². The summed E-state index contributed by atoms with van der Waals surface area (Å²) in [6, 6.07) is 16.6. The Kier molecular flexibility index (Phi) is 8.67. The van der Waals surface area contributed by atoms with Gasteiger partial charge in [0.25, 0.3) is 5.91 Å². The highest BCUT2D eigenvalue weighted by molar-refractivity contribution is 5.96. The molecule has 134 valence electrons. The molecule has 0 aliphatic heterocycles. The zero-order chi connectivity index (χ0) is 17.4. The first-order chi connectivity index (χ1) is 11.6. The zero-order valence-corrected chi connectivity index (χ0v) is 15.0. The normalized spacial score (nSPS) is 9.84. The number of halogens is 1. The molecule has 0 unspecified atom stereocenters. The molecule has 0 aliphatic carbocycles. The van der Waals surface area contributed by atoms with Crippen LogP contribution in [0.1, 0.15) is 28.4 Å². The van der Waals surface area contributed by atoms with Gasteiger partial charge in [0, 0.05) is 18.7 Å². The van der Waals surface area contributed by atoms with Crippen molar-refractivity contribution in [1.82, 2.24) is 4.90 Å². The lowest BCUT2D eigenvalue weighted by atomic mass is 10.1. The van der Waals surface area contributed by atoms with Gasteiger partial charge in [0.2, 0.25) is 0 Å². The minimum atomic E-state index is -0.416. The van der Waals surface area contributed by atoms with Crippen LogP contribution in [0.5, 0.6) is 0 Å². The molecule has 5 nitrogen and oxygen atoms in total. The van der Waals surface area contributed by atoms with E-state index in [0.717, 1.165) is 11.1 Å². The summed E-state index contributed by atoms with van der Waals surface area (Å²) in [6.07, 6.45) is 0. The largest absolute Gasteiger partial charge is 0.465 e. The van der Waals surface area contributed by atoms with Gasteiger partial charge in [-0.3, -0.25) is 9.59 Å². The summed E-state index contributed by atoms with van der Waals surface area (Å²) in [5.74, 6) is -0.629. The van der Waals surface area contributed by atoms with Gasteiger partial charge >= 0.3 is 5.97 Å². The Hall–Kier alpha value is -2.37. The third kappa shape index (κ3) is 6.21. The lowest BCUT2D eigenvalue weighted by molar-refractivity contribution is -0.143. The number of rotatable bonds is 7. The highest BCUT2D eigenvalue weighted by Gasteiger charge is 2.20. The lowest BCUT2D eigenvalue weighted by Crippen LogP contribution is -2.36. The molecule has 0 heterocycles. The van der Waals surface area contributed by atoms with Crippen LogP contribution in [0.15, 0.2) is 54.6 Å². The fourth-order valence-electron chi connectivity index (χ4n) is 2.33. The molecular formula is C19H23ClN2O3. The highest BCUT2D eigenvalue weighted by Crippen LogP contribution is 2.12. The number of carbonyl (C=O) groups excluding carboxylic acids is 2. The Balaban J connectivity index is 0.00000312. The van der Waals surface area contributed by atoms with Crippen LogP contribution in [0.2, 0.25) is 0 Å². The Morgan fingerprint density at radius 3 is 2.20 bits per heavy atom. The molecule has 2 aromatic carbocycles. The van der Waals surface area contributed by atoms with Gasteiger partial charge in [-0.05, 0) is 30.2 Å². The maximum atomic E-state index is 12.8. The Labute approximate surface area is 154 Å². The van der Waals surface area contributed by atoms with Crippen molar-refractivity contribution in [3.63, 3.8) is 0 Å². The van der Waals surface area contributed by atoms with Crippen molar-refractivity contribution in [2.24, 2.45) is 5.73 Å². The summed E-state index contributed by atoms with van der Waals surface area (Å²) in [5, 5.41) is 0. The number of hydrogen-bond acceptors (Lipinski definition) is 4. The Morgan fingerprint density at radius 1 is 1.00 bits per heavy atom. The number of hydrogen-bond donors (Lipinski definition) is 1. The van der Waals surface area contributed by atoms with E-state index in [4.69, 9.17) is 10.5 Å². The molecule has 2 aromatic rings. The van der Waals surface area contributed by atoms with Crippen LogP contribution in [0.3, 0.4) is 0 Å². The fraction of sp³-hybridized carbons (Fsp3) is 0.263. The number of carbonyl (C=O) groups is 2. The smallest absolute Gasteiger partial charge is 0.325 e. The average molecular weight is 363 g/mol. The predicted octanol–water partition coefficient (Wildman–Crippen LogP) is 2.77. The number of nitrogens with zero attached hydrogens (tertiary/aromatic N) is 1. The van der Waals surface area contributed by atoms with Gasteiger partial charge in [-0.2, -0.15) is 0 Å². The molecule has 0 aromatic heterocycles. The molecule has 1 amide bonds. The molecular weight excluding hydrogens is 340 g/mol. The van der Waals surface area contributed by atoms with Crippen molar-refractivity contribution < 1.29 is 14.3 Å². The molecule has 0 fully saturated rings. The second-order valence-corrected chi connectivity index (χ2v) is 5.35. The fourth-order valence-corrected chi connectivity index (χ4v) is 2.33. The number of benzene rings is 2. The first-order valence-corrected chi connectivity index (χ1v) is 7.92. The standard InChI is InChI=1S/C19H22N2O3.ClH/c1-2-24-18(22)14-21(13-16-6-4-3-5-7-16)19(23)17-10-8-15(12-20)9-11-17;/h3-11H,2,12-14,20H2,1H3;1H. The van der Waals surface area contributed by atoms with E-state index in [2.05, 4.69) is 0 Å². The molecule has 0 bridgehead atoms.